The Kier molecular flexibility index (Phi) is 6.95. The molecule has 0 bridgehead atoms. The Labute approximate surface area is 178 Å². The fraction of sp³-hybridized carbons (Fsp3) is 0.565. The number of aromatic nitrogens is 1. The van der Waals surface area contributed by atoms with Crippen molar-refractivity contribution in [3.05, 3.63) is 41.4 Å². The summed E-state index contributed by atoms with van der Waals surface area (Å²) in [6, 6.07) is 10.8. The Morgan fingerprint density at radius 1 is 1.07 bits per heavy atom. The zero-order valence-electron chi connectivity index (χ0n) is 17.3. The van der Waals surface area contributed by atoms with E-state index in [-0.39, 0.29) is 5.91 Å². The quantitative estimate of drug-likeness (QED) is 0.787. The molecule has 4 rings (SSSR count). The smallest absolute Gasteiger partial charge is 0.234 e. The maximum Gasteiger partial charge on any atom is 0.234 e. The molecule has 1 aromatic carbocycles. The minimum atomic E-state index is 0.199. The molecule has 6 heteroatoms. The van der Waals surface area contributed by atoms with Gasteiger partial charge < -0.3 is 5.32 Å². The van der Waals surface area contributed by atoms with E-state index >= 15 is 0 Å². The number of hydrogen-bond acceptors (Lipinski definition) is 5. The second-order valence-corrected chi connectivity index (χ2v) is 9.44. The molecule has 1 amide bonds. The Morgan fingerprint density at radius 2 is 1.76 bits per heavy atom. The summed E-state index contributed by atoms with van der Waals surface area (Å²) in [5, 5.41) is 6.52. The molecular formula is C23H32N4OS. The third kappa shape index (κ3) is 5.87. The van der Waals surface area contributed by atoms with E-state index in [1.165, 1.54) is 18.4 Å². The molecular weight excluding hydrogens is 380 g/mol. The van der Waals surface area contributed by atoms with Crippen LogP contribution >= 0.6 is 11.3 Å². The molecule has 2 aliphatic rings. The number of hydrogen-bond donors (Lipinski definition) is 1. The second kappa shape index (κ2) is 9.83. The maximum absolute atomic E-state index is 12.4. The van der Waals surface area contributed by atoms with Crippen molar-refractivity contribution in [1.82, 2.24) is 20.1 Å². The Bertz CT molecular complexity index is 777. The SMILES string of the molecule is CC1CCC(NC(=O)CN2CCN(Cc3csc(-c4ccccc4)n3)CC2)CC1. The first-order valence-electron chi connectivity index (χ1n) is 10.9. The van der Waals surface area contributed by atoms with Gasteiger partial charge in [0.2, 0.25) is 5.91 Å². The van der Waals surface area contributed by atoms with Crippen molar-refractivity contribution in [2.45, 2.75) is 45.2 Å². The van der Waals surface area contributed by atoms with Crippen molar-refractivity contribution in [2.75, 3.05) is 32.7 Å². The zero-order valence-corrected chi connectivity index (χ0v) is 18.2. The van der Waals surface area contributed by atoms with Gasteiger partial charge in [-0.2, -0.15) is 0 Å². The summed E-state index contributed by atoms with van der Waals surface area (Å²) in [5.41, 5.74) is 2.33. The Balaban J connectivity index is 1.19. The number of piperazine rings is 1. The largest absolute Gasteiger partial charge is 0.352 e. The molecule has 156 valence electrons. The number of amides is 1. The van der Waals surface area contributed by atoms with Crippen molar-refractivity contribution in [1.29, 1.82) is 0 Å². The summed E-state index contributed by atoms with van der Waals surface area (Å²) in [6.45, 7) is 7.62. The Hall–Kier alpha value is -1.76. The van der Waals surface area contributed by atoms with Gasteiger partial charge in [-0.25, -0.2) is 4.98 Å². The first-order chi connectivity index (χ1) is 14.2. The Morgan fingerprint density at radius 3 is 2.48 bits per heavy atom. The van der Waals surface area contributed by atoms with Crippen LogP contribution in [0.15, 0.2) is 35.7 Å². The van der Waals surface area contributed by atoms with E-state index < -0.39 is 0 Å². The van der Waals surface area contributed by atoms with Crippen molar-refractivity contribution in [3.8, 4) is 10.6 Å². The highest BCUT2D eigenvalue weighted by atomic mass is 32.1. The molecule has 1 saturated heterocycles. The number of carbonyl (C=O) groups excluding carboxylic acids is 1. The van der Waals surface area contributed by atoms with Gasteiger partial charge in [0.15, 0.2) is 0 Å². The van der Waals surface area contributed by atoms with Crippen LogP contribution in [0.2, 0.25) is 0 Å². The van der Waals surface area contributed by atoms with Gasteiger partial charge in [-0.1, -0.05) is 37.3 Å². The van der Waals surface area contributed by atoms with Gasteiger partial charge in [0.05, 0.1) is 12.2 Å². The molecule has 1 aromatic heterocycles. The second-order valence-electron chi connectivity index (χ2n) is 8.59. The highest BCUT2D eigenvalue weighted by Gasteiger charge is 2.23. The van der Waals surface area contributed by atoms with Crippen molar-refractivity contribution < 1.29 is 4.79 Å². The van der Waals surface area contributed by atoms with E-state index in [9.17, 15) is 4.79 Å². The van der Waals surface area contributed by atoms with Crippen LogP contribution in [0.25, 0.3) is 10.6 Å². The monoisotopic (exact) mass is 412 g/mol. The van der Waals surface area contributed by atoms with Gasteiger partial charge in [-0.3, -0.25) is 14.6 Å². The predicted octanol–water partition coefficient (Wildman–Crippen LogP) is 3.62. The minimum Gasteiger partial charge on any atom is -0.352 e. The molecule has 1 aliphatic carbocycles. The third-order valence-electron chi connectivity index (χ3n) is 6.17. The van der Waals surface area contributed by atoms with Crippen LogP contribution in [0.5, 0.6) is 0 Å². The minimum absolute atomic E-state index is 0.199. The van der Waals surface area contributed by atoms with Crippen LogP contribution in [0.3, 0.4) is 0 Å². The lowest BCUT2D eigenvalue weighted by atomic mass is 9.87. The first kappa shape index (κ1) is 20.5. The molecule has 1 aliphatic heterocycles. The molecule has 0 radical (unpaired) electrons. The fourth-order valence-corrected chi connectivity index (χ4v) is 5.13. The standard InChI is InChI=1S/C23H32N4OS/c1-18-7-9-20(10-8-18)24-22(28)16-27-13-11-26(12-14-27)15-21-17-29-23(25-21)19-5-3-2-4-6-19/h2-6,17-18,20H,7-16H2,1H3,(H,24,28). The summed E-state index contributed by atoms with van der Waals surface area (Å²) in [4.78, 5) is 21.9. The van der Waals surface area contributed by atoms with Crippen molar-refractivity contribution in [3.63, 3.8) is 0 Å². The average Bonchev–Trinajstić information content (AvgIpc) is 3.20. The normalized spacial score (nSPS) is 23.8. The number of benzene rings is 1. The fourth-order valence-electron chi connectivity index (χ4n) is 4.31. The average molecular weight is 413 g/mol. The lowest BCUT2D eigenvalue weighted by Gasteiger charge is -2.34. The molecule has 1 saturated carbocycles. The highest BCUT2D eigenvalue weighted by Crippen LogP contribution is 2.24. The van der Waals surface area contributed by atoms with Gasteiger partial charge in [0.1, 0.15) is 5.01 Å². The predicted molar refractivity (Wildman–Crippen MR) is 119 cm³/mol. The van der Waals surface area contributed by atoms with Gasteiger partial charge in [0.25, 0.3) is 0 Å². The van der Waals surface area contributed by atoms with E-state index in [1.807, 2.05) is 6.07 Å². The van der Waals surface area contributed by atoms with E-state index in [1.54, 1.807) is 11.3 Å². The molecule has 0 unspecified atom stereocenters. The van der Waals surface area contributed by atoms with Crippen LogP contribution in [0.1, 0.15) is 38.3 Å². The topological polar surface area (TPSA) is 48.5 Å². The van der Waals surface area contributed by atoms with Crippen LogP contribution < -0.4 is 5.32 Å². The zero-order chi connectivity index (χ0) is 20.1. The number of rotatable bonds is 6. The third-order valence-corrected chi connectivity index (χ3v) is 7.11. The summed E-state index contributed by atoms with van der Waals surface area (Å²) in [6.07, 6.45) is 4.76. The molecule has 29 heavy (non-hydrogen) atoms. The number of nitrogens with zero attached hydrogens (tertiary/aromatic N) is 3. The molecule has 0 atom stereocenters. The summed E-state index contributed by atoms with van der Waals surface area (Å²) >= 11 is 1.72. The molecule has 2 aromatic rings. The van der Waals surface area contributed by atoms with Crippen LogP contribution in [-0.2, 0) is 11.3 Å². The van der Waals surface area contributed by atoms with E-state index in [0.29, 0.717) is 12.6 Å². The first-order valence-corrected chi connectivity index (χ1v) is 11.8. The maximum atomic E-state index is 12.4. The highest BCUT2D eigenvalue weighted by molar-refractivity contribution is 7.13. The van der Waals surface area contributed by atoms with Gasteiger partial charge in [-0.05, 0) is 31.6 Å². The number of nitrogens with one attached hydrogen (secondary N) is 1. The summed E-state index contributed by atoms with van der Waals surface area (Å²) in [5.74, 6) is 1.02. The molecule has 1 N–H and O–H groups in total. The lowest BCUT2D eigenvalue weighted by molar-refractivity contribution is -0.123. The van der Waals surface area contributed by atoms with E-state index in [4.69, 9.17) is 4.98 Å². The van der Waals surface area contributed by atoms with Crippen molar-refractivity contribution >= 4 is 17.2 Å². The van der Waals surface area contributed by atoms with Gasteiger partial charge >= 0.3 is 0 Å². The van der Waals surface area contributed by atoms with Crippen LogP contribution in [0, 0.1) is 5.92 Å². The lowest BCUT2D eigenvalue weighted by Crippen LogP contribution is -2.50. The number of carbonyl (C=O) groups is 1. The summed E-state index contributed by atoms with van der Waals surface area (Å²) < 4.78 is 0. The molecule has 2 heterocycles. The van der Waals surface area contributed by atoms with Gasteiger partial charge in [-0.15, -0.1) is 11.3 Å². The number of thiazole rings is 1. The van der Waals surface area contributed by atoms with Crippen LogP contribution in [0.4, 0.5) is 0 Å². The summed E-state index contributed by atoms with van der Waals surface area (Å²) in [7, 11) is 0. The van der Waals surface area contributed by atoms with E-state index in [0.717, 1.165) is 62.2 Å². The van der Waals surface area contributed by atoms with Gasteiger partial charge in [0, 0.05) is 49.7 Å². The molecule has 5 nitrogen and oxygen atoms in total. The van der Waals surface area contributed by atoms with Crippen LogP contribution in [-0.4, -0.2) is 59.5 Å². The van der Waals surface area contributed by atoms with Crippen molar-refractivity contribution in [2.24, 2.45) is 5.92 Å². The van der Waals surface area contributed by atoms with E-state index in [2.05, 4.69) is 51.7 Å². The molecule has 0 spiro atoms. The molecule has 2 fully saturated rings.